The Morgan fingerprint density at radius 3 is 2.37 bits per heavy atom. The van der Waals surface area contributed by atoms with Gasteiger partial charge in [-0.1, -0.05) is 27.7 Å². The van der Waals surface area contributed by atoms with E-state index in [4.69, 9.17) is 15.2 Å². The molecular weight excluding hydrogens is 480 g/mol. The molecule has 0 bridgehead atoms. The minimum Gasteiger partial charge on any atom is -0.447 e. The largest absolute Gasteiger partial charge is 0.447 e. The van der Waals surface area contributed by atoms with Crippen molar-refractivity contribution >= 4 is 6.09 Å². The summed E-state index contributed by atoms with van der Waals surface area (Å²) in [5, 5.41) is 23.1. The summed E-state index contributed by atoms with van der Waals surface area (Å²) < 4.78 is 12.1. The third kappa shape index (κ3) is 2.79. The van der Waals surface area contributed by atoms with E-state index in [1.165, 1.54) is 12.8 Å². The molecule has 1 amide bonds. The summed E-state index contributed by atoms with van der Waals surface area (Å²) in [6, 6.07) is 0. The van der Waals surface area contributed by atoms with Gasteiger partial charge in [-0.3, -0.25) is 4.90 Å². The molecular formula is C31H50N2O5. The summed E-state index contributed by atoms with van der Waals surface area (Å²) in [7, 11) is 0. The van der Waals surface area contributed by atoms with Gasteiger partial charge in [0.15, 0.2) is 0 Å². The van der Waals surface area contributed by atoms with Crippen LogP contribution in [0.4, 0.5) is 4.79 Å². The number of ether oxygens (including phenoxy) is 2. The second kappa shape index (κ2) is 7.49. The van der Waals surface area contributed by atoms with Gasteiger partial charge < -0.3 is 25.4 Å². The third-order valence-corrected chi connectivity index (χ3v) is 14.2. The maximum Gasteiger partial charge on any atom is 0.410 e. The molecule has 0 aromatic rings. The average Bonchev–Trinajstić information content (AvgIpc) is 3.40. The van der Waals surface area contributed by atoms with E-state index in [0.29, 0.717) is 30.9 Å². The maximum absolute atomic E-state index is 12.5. The number of fused-ring (bicyclic) bond motifs is 4. The fourth-order valence-corrected chi connectivity index (χ4v) is 12.3. The molecule has 38 heavy (non-hydrogen) atoms. The highest BCUT2D eigenvalue weighted by atomic mass is 16.6. The smallest absolute Gasteiger partial charge is 0.410 e. The minimum atomic E-state index is -0.708. The Hall–Kier alpha value is -0.890. The van der Waals surface area contributed by atoms with Gasteiger partial charge in [-0.2, -0.15) is 0 Å². The van der Waals surface area contributed by atoms with Crippen LogP contribution in [0.3, 0.4) is 0 Å². The zero-order chi connectivity index (χ0) is 27.3. The van der Waals surface area contributed by atoms with Gasteiger partial charge in [0, 0.05) is 0 Å². The van der Waals surface area contributed by atoms with Gasteiger partial charge in [0.2, 0.25) is 0 Å². The van der Waals surface area contributed by atoms with Crippen LogP contribution in [0.5, 0.6) is 0 Å². The summed E-state index contributed by atoms with van der Waals surface area (Å²) in [6.07, 6.45) is 6.81. The van der Waals surface area contributed by atoms with Gasteiger partial charge >= 0.3 is 6.09 Å². The topological polar surface area (TPSA) is 105 Å². The van der Waals surface area contributed by atoms with Crippen molar-refractivity contribution in [2.24, 2.45) is 51.1 Å². The van der Waals surface area contributed by atoms with E-state index in [1.54, 1.807) is 0 Å². The molecule has 2 heterocycles. The number of aliphatic hydroxyl groups excluding tert-OH is 2. The van der Waals surface area contributed by atoms with Crippen molar-refractivity contribution in [3.63, 3.8) is 0 Å². The van der Waals surface area contributed by atoms with E-state index in [2.05, 4.69) is 27.7 Å². The maximum atomic E-state index is 12.5. The molecule has 7 nitrogen and oxygen atoms in total. The molecule has 4 N–H and O–H groups in total. The number of amides is 1. The Morgan fingerprint density at radius 2 is 1.68 bits per heavy atom. The molecule has 2 aliphatic heterocycles. The molecule has 5 saturated carbocycles. The first-order chi connectivity index (χ1) is 17.7. The molecule has 2 saturated heterocycles. The van der Waals surface area contributed by atoms with E-state index in [1.807, 2.05) is 18.7 Å². The van der Waals surface area contributed by atoms with Crippen LogP contribution in [0.2, 0.25) is 0 Å². The normalized spacial score (nSPS) is 57.7. The first kappa shape index (κ1) is 26.0. The Balaban J connectivity index is 1.20. The molecule has 12 atom stereocenters. The Morgan fingerprint density at radius 1 is 1.00 bits per heavy atom. The highest BCUT2D eigenvalue weighted by molar-refractivity contribution is 5.71. The summed E-state index contributed by atoms with van der Waals surface area (Å²) >= 11 is 0. The van der Waals surface area contributed by atoms with Gasteiger partial charge in [-0.05, 0) is 111 Å². The van der Waals surface area contributed by atoms with Gasteiger partial charge in [0.1, 0.15) is 6.61 Å². The van der Waals surface area contributed by atoms with Crippen LogP contribution in [0.25, 0.3) is 0 Å². The van der Waals surface area contributed by atoms with Crippen molar-refractivity contribution in [1.29, 1.82) is 0 Å². The molecule has 2 spiro atoms. The van der Waals surface area contributed by atoms with Crippen molar-refractivity contribution in [3.05, 3.63) is 0 Å². The first-order valence-corrected chi connectivity index (χ1v) is 15.4. The van der Waals surface area contributed by atoms with Gasteiger partial charge in [0.05, 0.1) is 42.0 Å². The Kier molecular flexibility index (Phi) is 5.13. The van der Waals surface area contributed by atoms with Crippen molar-refractivity contribution in [2.75, 3.05) is 13.2 Å². The van der Waals surface area contributed by atoms with Gasteiger partial charge in [-0.15, -0.1) is 0 Å². The lowest BCUT2D eigenvalue weighted by Crippen LogP contribution is -2.70. The molecule has 0 aromatic heterocycles. The second-order valence-corrected chi connectivity index (χ2v) is 16.3. The second-order valence-electron chi connectivity index (χ2n) is 16.3. The van der Waals surface area contributed by atoms with Crippen LogP contribution >= 0.6 is 0 Å². The number of hydrogen-bond donors (Lipinski definition) is 3. The van der Waals surface area contributed by atoms with E-state index in [9.17, 15) is 15.0 Å². The third-order valence-electron chi connectivity index (χ3n) is 14.2. The number of carbonyl (C=O) groups excluding carboxylic acids is 1. The fourth-order valence-electron chi connectivity index (χ4n) is 12.3. The molecule has 5 aliphatic carbocycles. The number of nitrogens with zero attached hydrogens (tertiary/aromatic N) is 1. The molecule has 0 radical (unpaired) electrons. The predicted octanol–water partition coefficient (Wildman–Crippen LogP) is 4.08. The molecule has 7 fully saturated rings. The highest BCUT2D eigenvalue weighted by Gasteiger charge is 2.85. The fraction of sp³-hybridized carbons (Fsp3) is 0.968. The number of rotatable bonds is 2. The molecule has 0 aromatic carbocycles. The molecule has 214 valence electrons. The van der Waals surface area contributed by atoms with E-state index in [-0.39, 0.29) is 57.5 Å². The summed E-state index contributed by atoms with van der Waals surface area (Å²) in [5.74, 6) is 1.39. The van der Waals surface area contributed by atoms with Crippen LogP contribution in [-0.4, -0.2) is 69.9 Å². The van der Waals surface area contributed by atoms with E-state index < -0.39 is 11.6 Å². The highest BCUT2D eigenvalue weighted by Crippen LogP contribution is 2.87. The Labute approximate surface area is 228 Å². The molecule has 7 aliphatic rings. The summed E-state index contributed by atoms with van der Waals surface area (Å²) in [4.78, 5) is 14.3. The lowest BCUT2D eigenvalue weighted by atomic mass is 9.43. The molecule has 7 heteroatoms. The van der Waals surface area contributed by atoms with Crippen molar-refractivity contribution in [3.8, 4) is 0 Å². The minimum absolute atomic E-state index is 0.0626. The average molecular weight is 531 g/mol. The molecule has 12 unspecified atom stereocenters. The van der Waals surface area contributed by atoms with E-state index in [0.717, 1.165) is 38.5 Å². The van der Waals surface area contributed by atoms with Crippen LogP contribution in [0.15, 0.2) is 0 Å². The van der Waals surface area contributed by atoms with Gasteiger partial charge in [0.25, 0.3) is 0 Å². The lowest BCUT2D eigenvalue weighted by molar-refractivity contribution is -0.152. The van der Waals surface area contributed by atoms with Crippen molar-refractivity contribution in [1.82, 2.24) is 4.90 Å². The predicted molar refractivity (Wildman–Crippen MR) is 143 cm³/mol. The van der Waals surface area contributed by atoms with Crippen LogP contribution in [0.1, 0.15) is 92.9 Å². The van der Waals surface area contributed by atoms with E-state index >= 15 is 0 Å². The SMILES string of the molecule is CC1CC(CN2C(=O)OCC2(C)C)OC2C1C1(C)CCC34CC35CCC(O)C(C)(C)C5CCC4C1(N)C2O. The number of carbonyl (C=O) groups is 1. The number of aliphatic hydroxyl groups is 2. The summed E-state index contributed by atoms with van der Waals surface area (Å²) in [6.45, 7) is 14.2. The first-order valence-electron chi connectivity index (χ1n) is 15.4. The standard InChI is InChI=1S/C31H50N2O5/c1-17-13-18(14-33-25(36)37-16-26(33,2)3)38-23-22(17)28(6)11-12-30-15-29(30)10-9-21(34)27(4,5)19(29)7-8-20(30)31(28,32)24(23)35/h17-24,34-35H,7-16,32H2,1-6H3. The number of hydrogen-bond acceptors (Lipinski definition) is 6. The molecule has 7 rings (SSSR count). The summed E-state index contributed by atoms with van der Waals surface area (Å²) in [5.41, 5.74) is 6.86. The van der Waals surface area contributed by atoms with Gasteiger partial charge in [-0.25, -0.2) is 4.79 Å². The number of cyclic esters (lactones) is 1. The quantitative estimate of drug-likeness (QED) is 0.497. The monoisotopic (exact) mass is 530 g/mol. The van der Waals surface area contributed by atoms with Crippen LogP contribution in [-0.2, 0) is 9.47 Å². The number of nitrogens with two attached hydrogens (primary N) is 1. The zero-order valence-electron chi connectivity index (χ0n) is 24.3. The Bertz CT molecular complexity index is 1050. The lowest BCUT2D eigenvalue weighted by Gasteiger charge is -2.63. The van der Waals surface area contributed by atoms with Crippen molar-refractivity contribution in [2.45, 2.75) is 128 Å². The van der Waals surface area contributed by atoms with Crippen molar-refractivity contribution < 1.29 is 24.5 Å². The van der Waals surface area contributed by atoms with Crippen LogP contribution in [0, 0.1) is 45.3 Å². The van der Waals surface area contributed by atoms with Crippen LogP contribution < -0.4 is 5.73 Å². The zero-order valence-corrected chi connectivity index (χ0v) is 24.3.